The Morgan fingerprint density at radius 1 is 0.681 bits per heavy atom. The van der Waals surface area contributed by atoms with Crippen LogP contribution in [0.1, 0.15) is 95.9 Å². The van der Waals surface area contributed by atoms with Gasteiger partial charge >= 0.3 is 5.96 Å². The van der Waals surface area contributed by atoms with Gasteiger partial charge in [0.2, 0.25) is 17.7 Å². The number of hydrogen-bond acceptors (Lipinski definition) is 7. The number of rotatable bonds is 26. The topological polar surface area (TPSA) is 225 Å². The summed E-state index contributed by atoms with van der Waals surface area (Å²) in [7, 11) is 0. The van der Waals surface area contributed by atoms with E-state index in [2.05, 4.69) is 77.6 Å². The van der Waals surface area contributed by atoms with Gasteiger partial charge in [-0.25, -0.2) is 4.98 Å². The van der Waals surface area contributed by atoms with Crippen molar-refractivity contribution >= 4 is 72.2 Å². The molecular formula is C54H74Cl2N8O6S2. The number of hydrogen-bond donors (Lipinski definition) is 7. The Hall–Kier alpha value is -5.65. The molecule has 0 spiro atoms. The minimum atomic E-state index is -0.974. The van der Waals surface area contributed by atoms with E-state index in [9.17, 15) is 14.4 Å². The van der Waals surface area contributed by atoms with Crippen molar-refractivity contribution in [3.63, 3.8) is 0 Å². The number of aromatic nitrogens is 1. The number of ether oxygens (including phenoxy) is 2. The molecular weight excluding hydrogens is 992 g/mol. The van der Waals surface area contributed by atoms with Gasteiger partial charge in [-0.2, -0.15) is 27.0 Å². The Bertz CT molecular complexity index is 2630. The highest BCUT2D eigenvalue weighted by atomic mass is 35.5. The zero-order valence-corrected chi connectivity index (χ0v) is 45.3. The van der Waals surface area contributed by atoms with Crippen molar-refractivity contribution < 1.29 is 63.8 Å². The summed E-state index contributed by atoms with van der Waals surface area (Å²) >= 11 is 0. The molecule has 72 heavy (non-hydrogen) atoms. The molecule has 0 aliphatic heterocycles. The van der Waals surface area contributed by atoms with Gasteiger partial charge in [-0.3, -0.25) is 30.8 Å². The summed E-state index contributed by atoms with van der Waals surface area (Å²) in [5.41, 5.74) is 18.0. The monoisotopic (exact) mass is 1060 g/mol. The number of nitrogens with two attached hydrogens (primary N) is 2. The van der Waals surface area contributed by atoms with Crippen LogP contribution in [0.25, 0.3) is 32.7 Å². The lowest BCUT2D eigenvalue weighted by atomic mass is 9.92. The zero-order chi connectivity index (χ0) is 48.4. The number of unbranched alkanes of at least 4 members (excludes halogenated alkanes) is 1. The van der Waals surface area contributed by atoms with E-state index in [-0.39, 0.29) is 76.7 Å². The van der Waals surface area contributed by atoms with Crippen LogP contribution >= 0.6 is 27.0 Å². The Morgan fingerprint density at radius 3 is 1.85 bits per heavy atom. The molecule has 0 unspecified atom stereocenters. The lowest BCUT2D eigenvalue weighted by Gasteiger charge is -2.25. The van der Waals surface area contributed by atoms with E-state index in [4.69, 9.17) is 25.4 Å². The fourth-order valence-corrected chi connectivity index (χ4v) is 8.25. The van der Waals surface area contributed by atoms with Crippen molar-refractivity contribution in [1.82, 2.24) is 20.9 Å². The number of nitrogens with one attached hydrogen (secondary N) is 4. The Balaban J connectivity index is 0.00000444. The van der Waals surface area contributed by atoms with Crippen LogP contribution in [-0.4, -0.2) is 67.1 Å². The second-order valence-electron chi connectivity index (χ2n) is 18.2. The molecule has 6 rings (SSSR count). The molecule has 0 radical (unpaired) electrons. The molecule has 1 heterocycles. The van der Waals surface area contributed by atoms with Gasteiger partial charge in [0, 0.05) is 17.5 Å². The Morgan fingerprint density at radius 2 is 1.25 bits per heavy atom. The summed E-state index contributed by atoms with van der Waals surface area (Å²) < 4.78 is 19.2. The summed E-state index contributed by atoms with van der Waals surface area (Å²) in [6.07, 6.45) is 6.07. The van der Waals surface area contributed by atoms with Gasteiger partial charge in [-0.05, 0) is 96.0 Å². The van der Waals surface area contributed by atoms with E-state index < -0.39 is 35.8 Å². The van der Waals surface area contributed by atoms with Crippen LogP contribution in [0.3, 0.4) is 0 Å². The van der Waals surface area contributed by atoms with Crippen LogP contribution in [0.4, 0.5) is 0 Å². The smallest absolute Gasteiger partial charge is 0.338 e. The van der Waals surface area contributed by atoms with Gasteiger partial charge in [0.05, 0.1) is 25.9 Å². The van der Waals surface area contributed by atoms with Gasteiger partial charge in [0.15, 0.2) is 6.61 Å². The van der Waals surface area contributed by atoms with E-state index in [1.54, 1.807) is 6.20 Å². The fraction of sp³-hybridized carbons (Fsp3) is 0.389. The predicted molar refractivity (Wildman–Crippen MR) is 288 cm³/mol. The average molecular weight is 1070 g/mol. The molecule has 14 nitrogen and oxygen atoms in total. The highest BCUT2D eigenvalue weighted by Gasteiger charge is 2.30. The lowest BCUT2D eigenvalue weighted by molar-refractivity contribution is -0.459. The third-order valence-electron chi connectivity index (χ3n) is 11.7. The third-order valence-corrected chi connectivity index (χ3v) is 11.7. The minimum absolute atomic E-state index is 0. The molecule has 0 saturated carbocycles. The van der Waals surface area contributed by atoms with Crippen LogP contribution < -0.4 is 72.4 Å². The first kappa shape index (κ1) is 62.5. The molecule has 0 saturated heterocycles. The molecule has 18 heteroatoms. The quantitative estimate of drug-likeness (QED) is 0.0215. The number of halogens is 2. The first-order valence-electron chi connectivity index (χ1n) is 24.0. The maximum Gasteiger partial charge on any atom is 0.338 e. The van der Waals surface area contributed by atoms with Gasteiger partial charge < -0.3 is 60.4 Å². The summed E-state index contributed by atoms with van der Waals surface area (Å²) in [5.74, 6) is 1.59. The first-order valence-corrected chi connectivity index (χ1v) is 24.0. The third kappa shape index (κ3) is 18.4. The zero-order valence-electron chi connectivity index (χ0n) is 41.8. The minimum Gasteiger partial charge on any atom is -1.00 e. The molecule has 0 aliphatic carbocycles. The Kier molecular flexibility index (Phi) is 27.5. The largest absolute Gasteiger partial charge is 1.00 e. The molecule has 0 bridgehead atoms. The van der Waals surface area contributed by atoms with E-state index in [0.717, 1.165) is 56.8 Å². The highest BCUT2D eigenvalue weighted by molar-refractivity contribution is 7.59. The van der Waals surface area contributed by atoms with Crippen molar-refractivity contribution in [2.24, 2.45) is 23.3 Å². The molecule has 3 atom stereocenters. The number of carbonyl (C=O) groups is 3. The second-order valence-corrected chi connectivity index (χ2v) is 18.2. The molecule has 11 N–H and O–H groups in total. The van der Waals surface area contributed by atoms with Gasteiger partial charge in [0.1, 0.15) is 35.4 Å². The van der Waals surface area contributed by atoms with Crippen molar-refractivity contribution in [3.8, 4) is 22.6 Å². The molecule has 392 valence electrons. The number of oxazole rings is 1. The van der Waals surface area contributed by atoms with Gasteiger partial charge in [-0.15, -0.1) is 0 Å². The van der Waals surface area contributed by atoms with E-state index in [0.29, 0.717) is 75.1 Å². The normalized spacial score (nSPS) is 12.0. The molecule has 3 amide bonds. The number of nitrogens with zero attached hydrogens (tertiary/aromatic N) is 1. The highest BCUT2D eigenvalue weighted by Crippen LogP contribution is 2.45. The second kappa shape index (κ2) is 31.7. The van der Waals surface area contributed by atoms with Crippen molar-refractivity contribution in [2.75, 3.05) is 26.3 Å². The van der Waals surface area contributed by atoms with Crippen LogP contribution in [-0.2, 0) is 20.8 Å². The average Bonchev–Trinajstić information content (AvgIpc) is 3.79. The molecule has 6 aromatic rings. The van der Waals surface area contributed by atoms with Crippen molar-refractivity contribution in [1.29, 1.82) is 0 Å². The Labute approximate surface area is 450 Å². The van der Waals surface area contributed by atoms with Crippen LogP contribution in [0.5, 0.6) is 11.5 Å². The predicted octanol–water partition coefficient (Wildman–Crippen LogP) is -0.304. The maximum atomic E-state index is 14.3. The summed E-state index contributed by atoms with van der Waals surface area (Å²) in [4.78, 5) is 50.0. The van der Waals surface area contributed by atoms with Gasteiger partial charge in [-0.1, -0.05) is 119 Å². The molecule has 0 fully saturated rings. The van der Waals surface area contributed by atoms with E-state index in [1.165, 1.54) is 0 Å². The number of amides is 3. The molecule has 5 aromatic carbocycles. The first-order chi connectivity index (χ1) is 32.9. The van der Waals surface area contributed by atoms with E-state index in [1.807, 2.05) is 84.9 Å². The number of carbonyl (C=O) groups excluding carboxylic acids is 3. The van der Waals surface area contributed by atoms with Crippen molar-refractivity contribution in [2.45, 2.75) is 97.2 Å². The maximum absolute atomic E-state index is 14.3. The summed E-state index contributed by atoms with van der Waals surface area (Å²) in [5, 5.41) is 13.0. The van der Waals surface area contributed by atoms with Gasteiger partial charge in [0.25, 0.3) is 5.91 Å². The van der Waals surface area contributed by atoms with Crippen LogP contribution in [0, 0.1) is 11.8 Å². The lowest BCUT2D eigenvalue weighted by Crippen LogP contribution is -3.00. The summed E-state index contributed by atoms with van der Waals surface area (Å²) in [6, 6.07) is 31.6. The molecule has 0 aliphatic rings. The van der Waals surface area contributed by atoms with Crippen LogP contribution in [0.15, 0.2) is 114 Å². The molecule has 1 aromatic heterocycles. The number of fused-ring (bicyclic) bond motifs is 2. The SMILES string of the molecule is CC(C)CCOc1ccc2ccccc2c1-c1c(OCC(=O)N[C@H](CCCC[NH3+])C(=O)N[C@H](CCC[NH+]=C(N)N)C(=O)N[C@@H](CC(C)C)c2ncc(Cc3ccccc3)o2)ccc2ccccc12.S.S.[Cl-].[Cl-]. The number of guanidine groups is 1. The summed E-state index contributed by atoms with van der Waals surface area (Å²) in [6.45, 7) is 9.66. The number of benzene rings is 5. The standard InChI is InChI=1S/C54H68N8O6.2ClH.2H2S/c1-35(2)27-30-66-46-25-23-38-17-8-10-19-41(38)49(46)50-42-20-11-9-18-39(42)24-26-47(50)67-34-48(63)60-43(21-12-13-28-55)51(64)61-44(22-14-29-58-54(56)57)52(65)62-45(31-36(3)4)53-59-33-40(68-53)32-37-15-6-5-7-16-37;;;;/h5-11,15-20,23-26,33,35-36,43-45H,12-14,21-22,27-32,34,55H2,1-4H3,(H,60,63)(H,61,64)(H,62,65)(H4,56,57,58);2*1H;2*1H2/t43-,44-,45+;;;;/m1..../s1. The van der Waals surface area contributed by atoms with Crippen molar-refractivity contribution in [3.05, 3.63) is 127 Å². The van der Waals surface area contributed by atoms with Crippen LogP contribution in [0.2, 0.25) is 0 Å². The van der Waals surface area contributed by atoms with E-state index >= 15 is 0 Å². The number of quaternary nitrogens is 1. The fourth-order valence-electron chi connectivity index (χ4n) is 8.25.